The molecule has 1 atom stereocenters. The van der Waals surface area contributed by atoms with E-state index in [1.54, 1.807) is 6.20 Å². The minimum Gasteiger partial charge on any atom is -0.484 e. The summed E-state index contributed by atoms with van der Waals surface area (Å²) in [6.45, 7) is 4.29. The molecule has 1 unspecified atom stereocenters. The molecule has 3 rings (SSSR count). The van der Waals surface area contributed by atoms with Crippen LogP contribution in [-0.2, 0) is 4.79 Å². The summed E-state index contributed by atoms with van der Waals surface area (Å²) in [6, 6.07) is 11.6. The van der Waals surface area contributed by atoms with Gasteiger partial charge in [-0.15, -0.1) is 12.4 Å². The van der Waals surface area contributed by atoms with E-state index in [0.29, 0.717) is 6.54 Å². The van der Waals surface area contributed by atoms with Crippen LogP contribution >= 0.6 is 12.4 Å². The van der Waals surface area contributed by atoms with Gasteiger partial charge in [0.25, 0.3) is 5.91 Å². The fraction of sp³-hybridized carbons (Fsp3) is 0.333. The summed E-state index contributed by atoms with van der Waals surface area (Å²) < 4.78 is 5.63. The number of nitrogens with one attached hydrogen (secondary N) is 1. The van der Waals surface area contributed by atoms with Crippen LogP contribution in [-0.4, -0.2) is 42.0 Å². The molecule has 2 aromatic rings. The van der Waals surface area contributed by atoms with Gasteiger partial charge in [-0.3, -0.25) is 9.78 Å². The topological polar surface area (TPSA) is 54.5 Å². The van der Waals surface area contributed by atoms with Gasteiger partial charge in [0.15, 0.2) is 6.61 Å². The fourth-order valence-corrected chi connectivity index (χ4v) is 2.74. The van der Waals surface area contributed by atoms with Crippen molar-refractivity contribution in [1.29, 1.82) is 0 Å². The number of aromatic nitrogens is 1. The quantitative estimate of drug-likeness (QED) is 0.922. The maximum atomic E-state index is 12.6. The molecule has 0 saturated carbocycles. The third-order valence-corrected chi connectivity index (χ3v) is 4.02. The molecule has 0 bridgehead atoms. The number of carbonyl (C=O) groups excluding carboxylic acids is 1. The number of rotatable bonds is 4. The van der Waals surface area contributed by atoms with Gasteiger partial charge >= 0.3 is 0 Å². The highest BCUT2D eigenvalue weighted by Crippen LogP contribution is 2.21. The Morgan fingerprint density at radius 1 is 1.33 bits per heavy atom. The fourth-order valence-electron chi connectivity index (χ4n) is 2.74. The zero-order chi connectivity index (χ0) is 16.1. The van der Waals surface area contributed by atoms with Crippen LogP contribution in [0.4, 0.5) is 0 Å². The lowest BCUT2D eigenvalue weighted by Gasteiger charge is -2.36. The molecular formula is C18H22ClN3O2. The zero-order valence-electron chi connectivity index (χ0n) is 13.6. The first-order valence-corrected chi connectivity index (χ1v) is 7.83. The average molecular weight is 348 g/mol. The highest BCUT2D eigenvalue weighted by molar-refractivity contribution is 5.85. The summed E-state index contributed by atoms with van der Waals surface area (Å²) >= 11 is 0. The van der Waals surface area contributed by atoms with Crippen LogP contribution in [0.15, 0.2) is 48.8 Å². The van der Waals surface area contributed by atoms with E-state index >= 15 is 0 Å². The minimum atomic E-state index is 0. The molecule has 5 nitrogen and oxygen atoms in total. The summed E-state index contributed by atoms with van der Waals surface area (Å²) in [6.07, 6.45) is 3.56. The van der Waals surface area contributed by atoms with Crippen molar-refractivity contribution in [2.75, 3.05) is 26.2 Å². The van der Waals surface area contributed by atoms with Crippen LogP contribution < -0.4 is 10.1 Å². The first-order valence-electron chi connectivity index (χ1n) is 7.83. The molecule has 2 heterocycles. The summed E-state index contributed by atoms with van der Waals surface area (Å²) in [4.78, 5) is 18.6. The van der Waals surface area contributed by atoms with Gasteiger partial charge in [-0.2, -0.15) is 0 Å². The van der Waals surface area contributed by atoms with Gasteiger partial charge in [0, 0.05) is 32.0 Å². The lowest BCUT2D eigenvalue weighted by Crippen LogP contribution is -2.50. The second-order valence-electron chi connectivity index (χ2n) is 5.70. The number of hydrogen-bond donors (Lipinski definition) is 1. The van der Waals surface area contributed by atoms with E-state index in [9.17, 15) is 4.79 Å². The van der Waals surface area contributed by atoms with E-state index in [2.05, 4.69) is 10.3 Å². The van der Waals surface area contributed by atoms with Crippen LogP contribution in [0.1, 0.15) is 17.2 Å². The molecule has 1 aliphatic heterocycles. The van der Waals surface area contributed by atoms with Gasteiger partial charge in [-0.05, 0) is 30.7 Å². The largest absolute Gasteiger partial charge is 0.484 e. The third kappa shape index (κ3) is 4.46. The van der Waals surface area contributed by atoms with Gasteiger partial charge in [0.05, 0.1) is 6.04 Å². The van der Waals surface area contributed by atoms with Crippen LogP contribution in [0, 0.1) is 6.92 Å². The van der Waals surface area contributed by atoms with E-state index in [1.807, 2.05) is 54.4 Å². The van der Waals surface area contributed by atoms with Crippen molar-refractivity contribution >= 4 is 18.3 Å². The summed E-state index contributed by atoms with van der Waals surface area (Å²) in [5, 5.41) is 3.34. The molecular weight excluding hydrogens is 326 g/mol. The van der Waals surface area contributed by atoms with Crippen LogP contribution in [0.3, 0.4) is 0 Å². The molecule has 0 aliphatic carbocycles. The lowest BCUT2D eigenvalue weighted by atomic mass is 10.1. The predicted octanol–water partition coefficient (Wildman–Crippen LogP) is 2.36. The molecule has 1 fully saturated rings. The number of pyridine rings is 1. The van der Waals surface area contributed by atoms with Gasteiger partial charge < -0.3 is 15.0 Å². The van der Waals surface area contributed by atoms with Crippen molar-refractivity contribution in [1.82, 2.24) is 15.2 Å². The van der Waals surface area contributed by atoms with Crippen LogP contribution in [0.2, 0.25) is 0 Å². The Morgan fingerprint density at radius 3 is 2.83 bits per heavy atom. The van der Waals surface area contributed by atoms with E-state index in [0.717, 1.165) is 24.4 Å². The number of aryl methyl sites for hydroxylation is 1. The molecule has 1 saturated heterocycles. The highest BCUT2D eigenvalue weighted by atomic mass is 35.5. The third-order valence-electron chi connectivity index (χ3n) is 4.02. The predicted molar refractivity (Wildman–Crippen MR) is 95.5 cm³/mol. The Balaban J connectivity index is 0.00000208. The van der Waals surface area contributed by atoms with Crippen molar-refractivity contribution in [2.24, 2.45) is 0 Å². The Morgan fingerprint density at radius 2 is 2.12 bits per heavy atom. The zero-order valence-corrected chi connectivity index (χ0v) is 14.5. The Labute approximate surface area is 148 Å². The molecule has 1 aromatic carbocycles. The SMILES string of the molecule is Cc1ccc(OCC(=O)N2CCNCC2c2cccnc2)cc1.Cl. The lowest BCUT2D eigenvalue weighted by molar-refractivity contribution is -0.136. The van der Waals surface area contributed by atoms with Crippen molar-refractivity contribution in [3.63, 3.8) is 0 Å². The molecule has 0 radical (unpaired) electrons. The average Bonchev–Trinajstić information content (AvgIpc) is 2.62. The minimum absolute atomic E-state index is 0. The molecule has 24 heavy (non-hydrogen) atoms. The number of amides is 1. The summed E-state index contributed by atoms with van der Waals surface area (Å²) in [5.74, 6) is 0.720. The number of ether oxygens (including phenoxy) is 1. The van der Waals surface area contributed by atoms with Crippen LogP contribution in [0.5, 0.6) is 5.75 Å². The highest BCUT2D eigenvalue weighted by Gasteiger charge is 2.28. The molecule has 1 N–H and O–H groups in total. The first-order chi connectivity index (χ1) is 11.2. The Kier molecular flexibility index (Phi) is 6.58. The Hall–Kier alpha value is -2.11. The van der Waals surface area contributed by atoms with Gasteiger partial charge in [0.1, 0.15) is 5.75 Å². The van der Waals surface area contributed by atoms with Gasteiger partial charge in [-0.1, -0.05) is 23.8 Å². The van der Waals surface area contributed by atoms with Gasteiger partial charge in [0.2, 0.25) is 0 Å². The maximum absolute atomic E-state index is 12.6. The Bertz CT molecular complexity index is 649. The summed E-state index contributed by atoms with van der Waals surface area (Å²) in [7, 11) is 0. The van der Waals surface area contributed by atoms with E-state index < -0.39 is 0 Å². The summed E-state index contributed by atoms with van der Waals surface area (Å²) in [5.41, 5.74) is 2.21. The second kappa shape index (κ2) is 8.66. The molecule has 6 heteroatoms. The van der Waals surface area contributed by atoms with Gasteiger partial charge in [-0.25, -0.2) is 0 Å². The monoisotopic (exact) mass is 347 g/mol. The van der Waals surface area contributed by atoms with Crippen LogP contribution in [0.25, 0.3) is 0 Å². The smallest absolute Gasteiger partial charge is 0.261 e. The first kappa shape index (κ1) is 18.2. The molecule has 0 spiro atoms. The van der Waals surface area contributed by atoms with E-state index in [1.165, 1.54) is 5.56 Å². The molecule has 128 valence electrons. The van der Waals surface area contributed by atoms with E-state index in [4.69, 9.17) is 4.74 Å². The molecule has 1 amide bonds. The maximum Gasteiger partial charge on any atom is 0.261 e. The second-order valence-corrected chi connectivity index (χ2v) is 5.70. The number of hydrogen-bond acceptors (Lipinski definition) is 4. The molecule has 1 aromatic heterocycles. The van der Waals surface area contributed by atoms with Crippen molar-refractivity contribution in [3.05, 3.63) is 59.9 Å². The standard InChI is InChI=1S/C18H21N3O2.ClH/c1-14-4-6-16(7-5-14)23-13-18(22)21-10-9-20-12-17(21)15-3-2-8-19-11-15;/h2-8,11,17,20H,9-10,12-13H2,1H3;1H. The van der Waals surface area contributed by atoms with E-state index in [-0.39, 0.29) is 31.0 Å². The number of piperazine rings is 1. The van der Waals surface area contributed by atoms with Crippen molar-refractivity contribution in [3.8, 4) is 5.75 Å². The number of halogens is 1. The van der Waals surface area contributed by atoms with Crippen molar-refractivity contribution < 1.29 is 9.53 Å². The number of benzene rings is 1. The van der Waals surface area contributed by atoms with Crippen molar-refractivity contribution in [2.45, 2.75) is 13.0 Å². The molecule has 1 aliphatic rings. The normalized spacial score (nSPS) is 17.0. The number of nitrogens with zero attached hydrogens (tertiary/aromatic N) is 2. The number of carbonyl (C=O) groups is 1.